The summed E-state index contributed by atoms with van der Waals surface area (Å²) >= 11 is 0. The van der Waals surface area contributed by atoms with Gasteiger partial charge in [0.25, 0.3) is 5.91 Å². The molecule has 1 amide bonds. The Hall–Kier alpha value is -3.08. The van der Waals surface area contributed by atoms with Gasteiger partial charge in [0.15, 0.2) is 5.82 Å². The van der Waals surface area contributed by atoms with Crippen molar-refractivity contribution in [3.8, 4) is 0 Å². The molecule has 2 aliphatic heterocycles. The number of hydrogen-bond donors (Lipinski definition) is 0. The van der Waals surface area contributed by atoms with Crippen LogP contribution in [0.3, 0.4) is 0 Å². The first-order valence-corrected chi connectivity index (χ1v) is 12.3. The lowest BCUT2D eigenvalue weighted by atomic mass is 9.98. The lowest BCUT2D eigenvalue weighted by Crippen LogP contribution is -2.48. The van der Waals surface area contributed by atoms with Crippen LogP contribution in [-0.2, 0) is 21.2 Å². The molecule has 2 aliphatic rings. The monoisotopic (exact) mass is 468 g/mol. The van der Waals surface area contributed by atoms with Gasteiger partial charge in [0.1, 0.15) is 0 Å². The molecule has 0 spiro atoms. The Morgan fingerprint density at radius 2 is 1.70 bits per heavy atom. The van der Waals surface area contributed by atoms with Gasteiger partial charge in [-0.05, 0) is 29.8 Å². The van der Waals surface area contributed by atoms with Gasteiger partial charge in [0.2, 0.25) is 15.9 Å². The molecular formula is C23H24N4O5S. The molecule has 0 aliphatic carbocycles. The topological polar surface area (TPSA) is 106 Å². The predicted molar refractivity (Wildman–Crippen MR) is 118 cm³/mol. The number of nitrogens with zero attached hydrogens (tertiary/aromatic N) is 4. The minimum absolute atomic E-state index is 0.00643. The number of carbonyl (C=O) groups is 1. The third kappa shape index (κ3) is 4.54. The summed E-state index contributed by atoms with van der Waals surface area (Å²) in [5, 5.41) is 4.06. The first-order valence-electron chi connectivity index (χ1n) is 10.8. The summed E-state index contributed by atoms with van der Waals surface area (Å²) in [6, 6.07) is 16.0. The molecular weight excluding hydrogens is 444 g/mol. The second kappa shape index (κ2) is 9.05. The fraction of sp³-hybridized carbons (Fsp3) is 0.348. The summed E-state index contributed by atoms with van der Waals surface area (Å²) in [4.78, 5) is 19.1. The average molecular weight is 469 g/mol. The zero-order valence-electron chi connectivity index (χ0n) is 18.0. The summed E-state index contributed by atoms with van der Waals surface area (Å²) in [5.41, 5.74) is 1.55. The summed E-state index contributed by atoms with van der Waals surface area (Å²) in [7, 11) is -3.58. The molecule has 0 N–H and O–H groups in total. The summed E-state index contributed by atoms with van der Waals surface area (Å²) < 4.78 is 37.5. The molecule has 3 heterocycles. The van der Waals surface area contributed by atoms with E-state index in [9.17, 15) is 13.2 Å². The maximum atomic E-state index is 12.8. The van der Waals surface area contributed by atoms with Gasteiger partial charge in [-0.25, -0.2) is 8.42 Å². The van der Waals surface area contributed by atoms with E-state index in [2.05, 4.69) is 10.1 Å². The van der Waals surface area contributed by atoms with E-state index in [0.29, 0.717) is 63.1 Å². The minimum atomic E-state index is -3.58. The van der Waals surface area contributed by atoms with Crippen LogP contribution in [0.1, 0.15) is 33.6 Å². The first-order chi connectivity index (χ1) is 16.0. The fourth-order valence-corrected chi connectivity index (χ4v) is 5.38. The van der Waals surface area contributed by atoms with Crippen LogP contribution in [0.25, 0.3) is 0 Å². The van der Waals surface area contributed by atoms with Crippen LogP contribution in [0, 0.1) is 0 Å². The Morgan fingerprint density at radius 1 is 1.00 bits per heavy atom. The van der Waals surface area contributed by atoms with E-state index in [-0.39, 0.29) is 16.7 Å². The zero-order valence-corrected chi connectivity index (χ0v) is 18.8. The van der Waals surface area contributed by atoms with E-state index in [1.165, 1.54) is 16.4 Å². The Balaban J connectivity index is 1.18. The van der Waals surface area contributed by atoms with Crippen molar-refractivity contribution >= 4 is 15.9 Å². The quantitative estimate of drug-likeness (QED) is 0.544. The van der Waals surface area contributed by atoms with Crippen LogP contribution in [0.5, 0.6) is 0 Å². The lowest BCUT2D eigenvalue weighted by Gasteiger charge is -2.37. The first kappa shape index (κ1) is 21.7. The summed E-state index contributed by atoms with van der Waals surface area (Å²) in [5.74, 6) is 1.02. The molecule has 0 unspecified atom stereocenters. The highest BCUT2D eigenvalue weighted by atomic mass is 32.2. The molecule has 10 heteroatoms. The van der Waals surface area contributed by atoms with E-state index in [1.54, 1.807) is 17.0 Å². The van der Waals surface area contributed by atoms with Crippen LogP contribution in [0.2, 0.25) is 0 Å². The average Bonchev–Trinajstić information content (AvgIpc) is 3.27. The number of amides is 1. The molecule has 5 rings (SSSR count). The standard InChI is InChI=1S/C23H24N4O5S/c28-23(18-6-8-20(9-7-18)33(29,30)27-10-12-31-13-11-27)26-15-19(16-26)22-24-21(25-32-22)14-17-4-2-1-3-5-17/h1-9,19H,10-16H2. The molecule has 0 bridgehead atoms. The van der Waals surface area contributed by atoms with Gasteiger partial charge in [0.05, 0.1) is 24.0 Å². The predicted octanol–water partition coefficient (Wildman–Crippen LogP) is 1.92. The molecule has 2 fully saturated rings. The number of aromatic nitrogens is 2. The molecule has 0 saturated carbocycles. The van der Waals surface area contributed by atoms with Gasteiger partial charge in [0, 0.05) is 38.2 Å². The van der Waals surface area contributed by atoms with Crippen molar-refractivity contribution in [2.45, 2.75) is 17.2 Å². The Labute approximate surface area is 192 Å². The van der Waals surface area contributed by atoms with Crippen LogP contribution in [0.4, 0.5) is 0 Å². The van der Waals surface area contributed by atoms with Crippen molar-refractivity contribution in [3.63, 3.8) is 0 Å². The van der Waals surface area contributed by atoms with Crippen molar-refractivity contribution in [2.75, 3.05) is 39.4 Å². The van der Waals surface area contributed by atoms with Gasteiger partial charge < -0.3 is 14.2 Å². The Bertz CT molecular complexity index is 1220. The number of sulfonamides is 1. The molecule has 33 heavy (non-hydrogen) atoms. The molecule has 9 nitrogen and oxygen atoms in total. The third-order valence-electron chi connectivity index (χ3n) is 5.92. The van der Waals surface area contributed by atoms with Crippen LogP contribution in [0.15, 0.2) is 64.0 Å². The maximum Gasteiger partial charge on any atom is 0.253 e. The number of morpholine rings is 1. The molecule has 2 aromatic carbocycles. The minimum Gasteiger partial charge on any atom is -0.379 e. The van der Waals surface area contributed by atoms with Crippen molar-refractivity contribution in [3.05, 3.63) is 77.4 Å². The fourth-order valence-electron chi connectivity index (χ4n) is 3.97. The van der Waals surface area contributed by atoms with E-state index < -0.39 is 10.0 Å². The van der Waals surface area contributed by atoms with Gasteiger partial charge in [-0.1, -0.05) is 35.5 Å². The van der Waals surface area contributed by atoms with E-state index in [0.717, 1.165) is 5.56 Å². The van der Waals surface area contributed by atoms with Crippen molar-refractivity contribution < 1.29 is 22.5 Å². The molecule has 0 atom stereocenters. The second-order valence-electron chi connectivity index (χ2n) is 8.16. The number of rotatable bonds is 6. The van der Waals surface area contributed by atoms with Gasteiger partial charge in [-0.15, -0.1) is 0 Å². The van der Waals surface area contributed by atoms with Crippen LogP contribution in [-0.4, -0.2) is 73.1 Å². The van der Waals surface area contributed by atoms with E-state index in [4.69, 9.17) is 9.26 Å². The van der Waals surface area contributed by atoms with Crippen LogP contribution < -0.4 is 0 Å². The second-order valence-corrected chi connectivity index (χ2v) is 10.1. The van der Waals surface area contributed by atoms with Gasteiger partial charge in [-0.3, -0.25) is 4.79 Å². The number of hydrogen-bond acceptors (Lipinski definition) is 7. The molecule has 1 aromatic heterocycles. The highest BCUT2D eigenvalue weighted by Crippen LogP contribution is 2.28. The third-order valence-corrected chi connectivity index (χ3v) is 7.83. The van der Waals surface area contributed by atoms with Crippen molar-refractivity contribution in [1.29, 1.82) is 0 Å². The maximum absolute atomic E-state index is 12.8. The summed E-state index contributed by atoms with van der Waals surface area (Å²) in [6.45, 7) is 2.42. The summed E-state index contributed by atoms with van der Waals surface area (Å²) in [6.07, 6.45) is 0.597. The van der Waals surface area contributed by atoms with Crippen LogP contribution >= 0.6 is 0 Å². The van der Waals surface area contributed by atoms with E-state index in [1.807, 2.05) is 30.3 Å². The Morgan fingerprint density at radius 3 is 2.39 bits per heavy atom. The highest BCUT2D eigenvalue weighted by Gasteiger charge is 2.36. The molecule has 3 aromatic rings. The smallest absolute Gasteiger partial charge is 0.253 e. The van der Waals surface area contributed by atoms with Gasteiger partial charge in [-0.2, -0.15) is 9.29 Å². The van der Waals surface area contributed by atoms with Gasteiger partial charge >= 0.3 is 0 Å². The highest BCUT2D eigenvalue weighted by molar-refractivity contribution is 7.89. The number of benzene rings is 2. The Kier molecular flexibility index (Phi) is 5.96. The normalized spacial score (nSPS) is 17.6. The number of carbonyl (C=O) groups excluding carboxylic acids is 1. The number of ether oxygens (including phenoxy) is 1. The van der Waals surface area contributed by atoms with Crippen molar-refractivity contribution in [2.24, 2.45) is 0 Å². The lowest BCUT2D eigenvalue weighted by molar-refractivity contribution is 0.0569. The SMILES string of the molecule is O=C(c1ccc(S(=O)(=O)N2CCOCC2)cc1)N1CC(c2nc(Cc3ccccc3)no2)C1. The van der Waals surface area contributed by atoms with Crippen molar-refractivity contribution in [1.82, 2.24) is 19.3 Å². The molecule has 0 radical (unpaired) electrons. The van der Waals surface area contributed by atoms with E-state index >= 15 is 0 Å². The number of likely N-dealkylation sites (tertiary alicyclic amines) is 1. The largest absolute Gasteiger partial charge is 0.379 e. The molecule has 2 saturated heterocycles. The molecule has 172 valence electrons. The zero-order chi connectivity index (χ0) is 22.8.